The molecule has 5 nitrogen and oxygen atoms in total. The van der Waals surface area contributed by atoms with E-state index in [-0.39, 0.29) is 6.10 Å². The Morgan fingerprint density at radius 2 is 2.47 bits per heavy atom. The molecule has 2 atom stereocenters. The molecule has 0 radical (unpaired) electrons. The molecule has 1 N–H and O–H groups in total. The lowest BCUT2D eigenvalue weighted by molar-refractivity contribution is 0.118. The van der Waals surface area contributed by atoms with Gasteiger partial charge in [0.05, 0.1) is 18.8 Å². The zero-order valence-electron chi connectivity index (χ0n) is 11.9. The molecule has 1 saturated heterocycles. The number of nitrogens with zero attached hydrogens (tertiary/aromatic N) is 2. The lowest BCUT2D eigenvalue weighted by Crippen LogP contribution is -2.36. The van der Waals surface area contributed by atoms with E-state index in [0.717, 1.165) is 37.9 Å². The van der Waals surface area contributed by atoms with Crippen LogP contribution in [0.25, 0.3) is 0 Å². The van der Waals surface area contributed by atoms with Crippen LogP contribution in [0.4, 0.5) is 5.13 Å². The normalized spacial score (nSPS) is 22.9. The maximum absolute atomic E-state index is 5.62. The number of likely N-dealkylation sites (N-methyl/N-ethyl adjacent to an activating group) is 1. The Labute approximate surface area is 118 Å². The monoisotopic (exact) mass is 285 g/mol. The van der Waals surface area contributed by atoms with E-state index in [9.17, 15) is 0 Å². The summed E-state index contributed by atoms with van der Waals surface area (Å²) in [4.78, 5) is 8.02. The summed E-state index contributed by atoms with van der Waals surface area (Å²) in [7, 11) is 3.82. The van der Waals surface area contributed by atoms with Crippen molar-refractivity contribution in [1.29, 1.82) is 0 Å². The van der Waals surface area contributed by atoms with Gasteiger partial charge >= 0.3 is 0 Å². The summed E-state index contributed by atoms with van der Waals surface area (Å²) < 4.78 is 10.6. The third kappa shape index (κ3) is 3.89. The fourth-order valence-corrected chi connectivity index (χ4v) is 3.20. The van der Waals surface area contributed by atoms with Crippen LogP contribution in [0.2, 0.25) is 0 Å². The predicted molar refractivity (Wildman–Crippen MR) is 77.9 cm³/mol. The number of ether oxygens (including phenoxy) is 2. The number of methoxy groups -OCH3 is 1. The average Bonchev–Trinajstić information content (AvgIpc) is 3.03. The maximum Gasteiger partial charge on any atom is 0.185 e. The van der Waals surface area contributed by atoms with Gasteiger partial charge in [-0.2, -0.15) is 0 Å². The molecule has 0 spiro atoms. The van der Waals surface area contributed by atoms with E-state index < -0.39 is 0 Å². The van der Waals surface area contributed by atoms with Crippen LogP contribution in [-0.4, -0.2) is 51.0 Å². The summed E-state index contributed by atoms with van der Waals surface area (Å²) in [5.41, 5.74) is 0. The van der Waals surface area contributed by atoms with Gasteiger partial charge in [-0.15, -0.1) is 11.3 Å². The van der Waals surface area contributed by atoms with E-state index in [1.807, 2.05) is 6.20 Å². The van der Waals surface area contributed by atoms with Gasteiger partial charge in [-0.3, -0.25) is 0 Å². The summed E-state index contributed by atoms with van der Waals surface area (Å²) in [5.74, 6) is 0. The highest BCUT2D eigenvalue weighted by molar-refractivity contribution is 7.15. The van der Waals surface area contributed by atoms with Gasteiger partial charge in [-0.1, -0.05) is 0 Å². The first-order valence-corrected chi connectivity index (χ1v) is 7.53. The molecule has 1 aliphatic rings. The summed E-state index contributed by atoms with van der Waals surface area (Å²) >= 11 is 1.74. The Bertz CT molecular complexity index is 386. The number of anilines is 1. The third-order valence-electron chi connectivity index (χ3n) is 3.46. The summed E-state index contributed by atoms with van der Waals surface area (Å²) in [6.45, 7) is 5.45. The lowest BCUT2D eigenvalue weighted by atomic mass is 10.1. The van der Waals surface area contributed by atoms with Crippen LogP contribution >= 0.6 is 11.3 Å². The van der Waals surface area contributed by atoms with Crippen LogP contribution in [0.1, 0.15) is 18.2 Å². The fourth-order valence-electron chi connectivity index (χ4n) is 2.30. The highest BCUT2D eigenvalue weighted by Gasteiger charge is 2.29. The molecule has 2 heterocycles. The van der Waals surface area contributed by atoms with Gasteiger partial charge < -0.3 is 19.7 Å². The summed E-state index contributed by atoms with van der Waals surface area (Å²) in [6.07, 6.45) is 3.33. The van der Waals surface area contributed by atoms with Crippen molar-refractivity contribution in [3.8, 4) is 0 Å². The van der Waals surface area contributed by atoms with Gasteiger partial charge in [0, 0.05) is 44.9 Å². The van der Waals surface area contributed by atoms with Crippen LogP contribution in [0.5, 0.6) is 0 Å². The number of nitrogens with one attached hydrogen (secondary N) is 1. The van der Waals surface area contributed by atoms with Crippen molar-refractivity contribution < 1.29 is 9.47 Å². The Kier molecular flexibility index (Phi) is 5.57. The van der Waals surface area contributed by atoms with Crippen molar-refractivity contribution in [3.05, 3.63) is 11.1 Å². The van der Waals surface area contributed by atoms with Crippen LogP contribution < -0.4 is 10.2 Å². The highest BCUT2D eigenvalue weighted by atomic mass is 32.1. The van der Waals surface area contributed by atoms with Crippen LogP contribution in [0, 0.1) is 0 Å². The van der Waals surface area contributed by atoms with Gasteiger partial charge in [-0.05, 0) is 13.3 Å². The average molecular weight is 285 g/mol. The SMILES string of the molecule is COCCNCc1cnc(N(C)C2CCOC2C)s1. The Morgan fingerprint density at radius 3 is 3.16 bits per heavy atom. The van der Waals surface area contributed by atoms with E-state index in [0.29, 0.717) is 6.04 Å². The minimum Gasteiger partial charge on any atom is -0.383 e. The zero-order valence-corrected chi connectivity index (χ0v) is 12.7. The van der Waals surface area contributed by atoms with E-state index >= 15 is 0 Å². The largest absolute Gasteiger partial charge is 0.383 e. The Morgan fingerprint density at radius 1 is 1.63 bits per heavy atom. The summed E-state index contributed by atoms with van der Waals surface area (Å²) in [6, 6.07) is 0.445. The fraction of sp³-hybridized carbons (Fsp3) is 0.769. The molecule has 108 valence electrons. The molecule has 6 heteroatoms. The van der Waals surface area contributed by atoms with Crippen LogP contribution in [0.3, 0.4) is 0 Å². The molecule has 0 saturated carbocycles. The number of hydrogen-bond donors (Lipinski definition) is 1. The minimum atomic E-state index is 0.289. The van der Waals surface area contributed by atoms with Gasteiger partial charge in [0.2, 0.25) is 0 Å². The van der Waals surface area contributed by atoms with Gasteiger partial charge in [-0.25, -0.2) is 4.98 Å². The Balaban J connectivity index is 1.85. The number of hydrogen-bond acceptors (Lipinski definition) is 6. The zero-order chi connectivity index (χ0) is 13.7. The molecular formula is C13H23N3O2S. The van der Waals surface area contributed by atoms with E-state index in [4.69, 9.17) is 9.47 Å². The first-order chi connectivity index (χ1) is 9.22. The number of rotatable bonds is 7. The molecule has 19 heavy (non-hydrogen) atoms. The van der Waals surface area contributed by atoms with Gasteiger partial charge in [0.25, 0.3) is 0 Å². The lowest BCUT2D eigenvalue weighted by Gasteiger charge is -2.25. The Hall–Kier alpha value is -0.690. The molecule has 0 amide bonds. The second-order valence-corrected chi connectivity index (χ2v) is 5.92. The van der Waals surface area contributed by atoms with Gasteiger partial charge in [0.1, 0.15) is 0 Å². The molecular weight excluding hydrogens is 262 g/mol. The molecule has 2 rings (SSSR count). The molecule has 1 aromatic heterocycles. The van der Waals surface area contributed by atoms with E-state index in [2.05, 4.69) is 29.2 Å². The maximum atomic E-state index is 5.62. The molecule has 2 unspecified atom stereocenters. The quantitative estimate of drug-likeness (QED) is 0.769. The molecule has 1 aliphatic heterocycles. The topological polar surface area (TPSA) is 46.6 Å². The van der Waals surface area contributed by atoms with Crippen molar-refractivity contribution in [2.45, 2.75) is 32.0 Å². The van der Waals surface area contributed by atoms with Crippen molar-refractivity contribution in [1.82, 2.24) is 10.3 Å². The second-order valence-electron chi connectivity index (χ2n) is 4.82. The van der Waals surface area contributed by atoms with E-state index in [1.54, 1.807) is 18.4 Å². The third-order valence-corrected chi connectivity index (χ3v) is 4.55. The van der Waals surface area contributed by atoms with Crippen molar-refractivity contribution in [3.63, 3.8) is 0 Å². The minimum absolute atomic E-state index is 0.289. The van der Waals surface area contributed by atoms with Gasteiger partial charge in [0.15, 0.2) is 5.13 Å². The first kappa shape index (κ1) is 14.7. The molecule has 1 fully saturated rings. The number of thiazole rings is 1. The second kappa shape index (κ2) is 7.19. The van der Waals surface area contributed by atoms with Crippen molar-refractivity contribution in [2.24, 2.45) is 0 Å². The summed E-state index contributed by atoms with van der Waals surface area (Å²) in [5, 5.41) is 4.41. The number of aromatic nitrogens is 1. The highest BCUT2D eigenvalue weighted by Crippen LogP contribution is 2.27. The van der Waals surface area contributed by atoms with E-state index in [1.165, 1.54) is 4.88 Å². The van der Waals surface area contributed by atoms with Crippen LogP contribution in [0.15, 0.2) is 6.20 Å². The van der Waals surface area contributed by atoms with Crippen molar-refractivity contribution in [2.75, 3.05) is 38.8 Å². The van der Waals surface area contributed by atoms with Crippen LogP contribution in [-0.2, 0) is 16.0 Å². The first-order valence-electron chi connectivity index (χ1n) is 6.71. The van der Waals surface area contributed by atoms with Crippen molar-refractivity contribution >= 4 is 16.5 Å². The standard InChI is InChI=1S/C13H23N3O2S/c1-10-12(4-6-18-10)16(2)13-15-9-11(19-13)8-14-5-7-17-3/h9-10,12,14H,4-8H2,1-3H3. The smallest absolute Gasteiger partial charge is 0.185 e. The molecule has 1 aromatic rings. The molecule has 0 aromatic carbocycles. The molecule has 0 bridgehead atoms. The predicted octanol–water partition coefficient (Wildman–Crippen LogP) is 1.49. The molecule has 0 aliphatic carbocycles.